The molecule has 0 spiro atoms. The number of aromatic nitrogens is 4. The van der Waals surface area contributed by atoms with Crippen LogP contribution < -0.4 is 0 Å². The minimum absolute atomic E-state index is 0.00968. The second kappa shape index (κ2) is 22.1. The molecule has 0 atom stereocenters. The molecule has 5 heteroatoms. The summed E-state index contributed by atoms with van der Waals surface area (Å²) < 4.78 is 4.72. The number of phenols is 1. The molecule has 0 amide bonds. The van der Waals surface area contributed by atoms with E-state index in [4.69, 9.17) is 9.97 Å². The third-order valence-corrected chi connectivity index (χ3v) is 18.5. The van der Waals surface area contributed by atoms with E-state index in [1.54, 1.807) is 0 Å². The van der Waals surface area contributed by atoms with Gasteiger partial charge in [0.05, 0.1) is 33.3 Å². The predicted molar refractivity (Wildman–Crippen MR) is 385 cm³/mol. The molecule has 0 fully saturated rings. The Labute approximate surface area is 536 Å². The van der Waals surface area contributed by atoms with E-state index in [1.165, 1.54) is 38.4 Å². The van der Waals surface area contributed by atoms with Crippen LogP contribution in [0.25, 0.3) is 133 Å². The molecule has 0 aliphatic carbocycles. The molecule has 5 nitrogen and oxygen atoms in total. The maximum atomic E-state index is 13.0. The zero-order valence-electron chi connectivity index (χ0n) is 54.4. The number of phenolic OH excluding ortho intramolecular Hbond substituents is 1. The normalized spacial score (nSPS) is 12.4. The average molecular weight is 1180 g/mol. The molecule has 0 bridgehead atoms. The fraction of sp³-hybridized carbons (Fsp3) is 0.186. The maximum absolute atomic E-state index is 13.0. The van der Waals surface area contributed by atoms with Gasteiger partial charge in [-0.15, -0.1) is 0 Å². The van der Waals surface area contributed by atoms with Crippen molar-refractivity contribution >= 4 is 43.6 Å². The molecule has 0 unspecified atom stereocenters. The molecule has 11 aromatic carbocycles. The van der Waals surface area contributed by atoms with Crippen LogP contribution in [0.4, 0.5) is 0 Å². The summed E-state index contributed by atoms with van der Waals surface area (Å²) in [4.78, 5) is 11.0. The lowest BCUT2D eigenvalue weighted by Crippen LogP contribution is -2.17. The van der Waals surface area contributed by atoms with Crippen molar-refractivity contribution in [2.45, 2.75) is 105 Å². The Morgan fingerprint density at radius 3 is 1.66 bits per heavy atom. The van der Waals surface area contributed by atoms with E-state index in [-0.39, 0.29) is 27.4 Å². The molecule has 91 heavy (non-hydrogen) atoms. The Hall–Kier alpha value is -10.1. The summed E-state index contributed by atoms with van der Waals surface area (Å²) in [5.74, 6) is 0.806. The monoisotopic (exact) mass is 1180 g/mol. The molecule has 14 aromatic rings. The Morgan fingerprint density at radius 2 is 0.956 bits per heavy atom. The molecule has 0 saturated heterocycles. The largest absolute Gasteiger partial charge is 0.507 e. The fourth-order valence-corrected chi connectivity index (χ4v) is 13.5. The number of aromatic hydroxyl groups is 1. The van der Waals surface area contributed by atoms with Gasteiger partial charge in [0.15, 0.2) is 0 Å². The van der Waals surface area contributed by atoms with Gasteiger partial charge in [-0.05, 0) is 172 Å². The lowest BCUT2D eigenvalue weighted by atomic mass is 9.78. The van der Waals surface area contributed by atoms with Crippen LogP contribution in [0.2, 0.25) is 0 Å². The Kier molecular flexibility index (Phi) is 14.2. The van der Waals surface area contributed by atoms with Crippen molar-refractivity contribution in [3.8, 4) is 95.4 Å². The summed E-state index contributed by atoms with van der Waals surface area (Å²) >= 11 is 0. The van der Waals surface area contributed by atoms with E-state index in [1.807, 2.05) is 12.3 Å². The van der Waals surface area contributed by atoms with Gasteiger partial charge in [-0.1, -0.05) is 253 Å². The number of imidazole rings is 1. The quantitative estimate of drug-likeness (QED) is 0.157. The molecular weight excluding hydrogens is 1100 g/mol. The van der Waals surface area contributed by atoms with Crippen molar-refractivity contribution < 1.29 is 5.11 Å². The standard InChI is InChI=1S/C86H78N4O/c1-83(2,3)61-39-41-68-56(46-61)38-42-74(86(10,11)12)79(68)59-37-40-72(78(91)50-59)82-88-80-73(47-60(67-32-20-19-31-66(67)54-25-15-13-16-26-54)49-77(80)90(82)65-52-62(84(4,5)6)51-63(53-65)85(7,8)9)55-27-23-28-58(45-55)75-48-57(43-44-87-75)69-34-24-35-71-70-33-21-22-36-76(70)89(81(69)71)64-29-17-14-18-30-64/h13-53,91H,1-12H3. The number of para-hydroxylation sites is 3. The van der Waals surface area contributed by atoms with Gasteiger partial charge in [0.2, 0.25) is 0 Å². The van der Waals surface area contributed by atoms with E-state index in [9.17, 15) is 5.11 Å². The molecular formula is C86H78N4O. The summed E-state index contributed by atoms with van der Waals surface area (Å²) in [7, 11) is 0. The highest BCUT2D eigenvalue weighted by atomic mass is 16.3. The van der Waals surface area contributed by atoms with Crippen molar-refractivity contribution in [1.82, 2.24) is 19.1 Å². The summed E-state index contributed by atoms with van der Waals surface area (Å²) in [6, 6.07) is 88.0. The molecule has 3 heterocycles. The van der Waals surface area contributed by atoms with Crippen LogP contribution in [-0.2, 0) is 21.7 Å². The van der Waals surface area contributed by atoms with Gasteiger partial charge in [-0.2, -0.15) is 0 Å². The Bertz CT molecular complexity index is 5120. The van der Waals surface area contributed by atoms with Crippen LogP contribution >= 0.6 is 0 Å². The number of fused-ring (bicyclic) bond motifs is 5. The van der Waals surface area contributed by atoms with Crippen LogP contribution in [0.15, 0.2) is 249 Å². The summed E-state index contributed by atoms with van der Waals surface area (Å²) in [6.07, 6.45) is 1.95. The second-order valence-electron chi connectivity index (χ2n) is 28.9. The zero-order chi connectivity index (χ0) is 63.3. The third-order valence-electron chi connectivity index (χ3n) is 18.5. The van der Waals surface area contributed by atoms with Gasteiger partial charge in [0, 0.05) is 45.0 Å². The van der Waals surface area contributed by atoms with Crippen molar-refractivity contribution in [3.05, 3.63) is 271 Å². The first kappa shape index (κ1) is 58.6. The Morgan fingerprint density at radius 1 is 0.341 bits per heavy atom. The van der Waals surface area contributed by atoms with E-state index in [2.05, 4.69) is 329 Å². The van der Waals surface area contributed by atoms with Crippen molar-refractivity contribution in [3.63, 3.8) is 0 Å². The number of hydrogen-bond acceptors (Lipinski definition) is 3. The highest BCUT2D eigenvalue weighted by Gasteiger charge is 2.29. The van der Waals surface area contributed by atoms with E-state index < -0.39 is 0 Å². The van der Waals surface area contributed by atoms with Gasteiger partial charge >= 0.3 is 0 Å². The molecule has 0 radical (unpaired) electrons. The first-order valence-electron chi connectivity index (χ1n) is 32.0. The number of pyridine rings is 1. The molecule has 3 aromatic heterocycles. The number of benzene rings is 11. The van der Waals surface area contributed by atoms with Crippen LogP contribution in [0.3, 0.4) is 0 Å². The molecule has 1 N–H and O–H groups in total. The topological polar surface area (TPSA) is 55.9 Å². The van der Waals surface area contributed by atoms with Gasteiger partial charge < -0.3 is 9.67 Å². The highest BCUT2D eigenvalue weighted by molar-refractivity contribution is 6.14. The lowest BCUT2D eigenvalue weighted by Gasteiger charge is -2.27. The Balaban J connectivity index is 1.02. The number of nitrogens with zero attached hydrogens (tertiary/aromatic N) is 4. The number of hydrogen-bond donors (Lipinski definition) is 1. The summed E-state index contributed by atoms with van der Waals surface area (Å²) in [6.45, 7) is 27.4. The first-order valence-corrected chi connectivity index (χ1v) is 32.0. The highest BCUT2D eigenvalue weighted by Crippen LogP contribution is 2.47. The zero-order valence-corrected chi connectivity index (χ0v) is 54.4. The lowest BCUT2D eigenvalue weighted by molar-refractivity contribution is 0.477. The van der Waals surface area contributed by atoms with Crippen LogP contribution in [0.1, 0.15) is 105 Å². The molecule has 0 aliphatic heterocycles. The van der Waals surface area contributed by atoms with Gasteiger partial charge in [-0.3, -0.25) is 9.55 Å². The molecule has 0 saturated carbocycles. The van der Waals surface area contributed by atoms with Gasteiger partial charge in [0.25, 0.3) is 0 Å². The van der Waals surface area contributed by atoms with E-state index in [0.29, 0.717) is 11.4 Å². The van der Waals surface area contributed by atoms with Crippen LogP contribution in [0, 0.1) is 0 Å². The van der Waals surface area contributed by atoms with E-state index >= 15 is 0 Å². The number of rotatable bonds is 9. The predicted octanol–water partition coefficient (Wildman–Crippen LogP) is 23.2. The fourth-order valence-electron chi connectivity index (χ4n) is 13.5. The SMILES string of the molecule is CC(C)(C)c1cc(-n2c(-c3ccc(-c4c(C(C)(C)C)ccc5cc(C(C)(C)C)ccc45)cc3O)nc3c(-c4cccc(-c5cc(-c6cccc7c8ccccc8n(-c8ccccc8)c67)ccn5)c4)cc(-c4ccccc4-c4ccccc4)cc32)cc(C(C)(C)C)c1. The van der Waals surface area contributed by atoms with Crippen molar-refractivity contribution in [1.29, 1.82) is 0 Å². The summed E-state index contributed by atoms with van der Waals surface area (Å²) in [5.41, 5.74) is 23.7. The van der Waals surface area contributed by atoms with E-state index in [0.717, 1.165) is 106 Å². The first-order chi connectivity index (χ1) is 43.6. The molecule has 448 valence electrons. The molecule has 0 aliphatic rings. The smallest absolute Gasteiger partial charge is 0.149 e. The van der Waals surface area contributed by atoms with Crippen molar-refractivity contribution in [2.24, 2.45) is 0 Å². The van der Waals surface area contributed by atoms with Crippen LogP contribution in [0.5, 0.6) is 5.75 Å². The minimum Gasteiger partial charge on any atom is -0.507 e. The summed E-state index contributed by atoms with van der Waals surface area (Å²) in [5, 5.41) is 17.8. The second-order valence-corrected chi connectivity index (χ2v) is 28.9. The van der Waals surface area contributed by atoms with Gasteiger partial charge in [0.1, 0.15) is 11.6 Å². The third kappa shape index (κ3) is 10.7. The van der Waals surface area contributed by atoms with Crippen molar-refractivity contribution in [2.75, 3.05) is 0 Å². The van der Waals surface area contributed by atoms with Gasteiger partial charge in [-0.25, -0.2) is 4.98 Å². The minimum atomic E-state index is -0.184. The average Bonchev–Trinajstić information content (AvgIpc) is 1.60. The maximum Gasteiger partial charge on any atom is 0.149 e. The molecule has 14 rings (SSSR count). The van der Waals surface area contributed by atoms with Crippen LogP contribution in [-0.4, -0.2) is 24.2 Å².